The third kappa shape index (κ3) is 4.29. The monoisotopic (exact) mass is 396 g/mol. The quantitative estimate of drug-likeness (QED) is 0.750. The van der Waals surface area contributed by atoms with Gasteiger partial charge in [0.2, 0.25) is 0 Å². The predicted molar refractivity (Wildman–Crippen MR) is 98.9 cm³/mol. The summed E-state index contributed by atoms with van der Waals surface area (Å²) in [6.45, 7) is 6.74. The maximum Gasteiger partial charge on any atom is 0.271 e. The van der Waals surface area contributed by atoms with Crippen LogP contribution in [0.15, 0.2) is 21.7 Å². The molecule has 0 bridgehead atoms. The summed E-state index contributed by atoms with van der Waals surface area (Å²) in [5.41, 5.74) is 4.24. The van der Waals surface area contributed by atoms with E-state index in [0.717, 1.165) is 18.6 Å². The van der Waals surface area contributed by atoms with Gasteiger partial charge in [0.15, 0.2) is 11.5 Å². The molecule has 0 aromatic heterocycles. The number of benzene rings is 1. The third-order valence-electron chi connectivity index (χ3n) is 4.35. The van der Waals surface area contributed by atoms with E-state index >= 15 is 0 Å². The van der Waals surface area contributed by atoms with E-state index in [1.165, 1.54) is 6.42 Å². The summed E-state index contributed by atoms with van der Waals surface area (Å²) in [4.78, 5) is 12.5. The molecule has 0 unspecified atom stereocenters. The van der Waals surface area contributed by atoms with E-state index < -0.39 is 0 Å². The standard InChI is InChI=1S/C18H25BrN2O3/c1-5-24-17-14(19)9-13(10-15(17)23-4)18(22)21-20-16-11(2)7-6-8-12(16)3/h9-12H,5-8H2,1-4H3,(H,21,22)/t11-,12-/m1/s1. The molecule has 1 fully saturated rings. The fourth-order valence-electron chi connectivity index (χ4n) is 3.05. The number of carbonyl (C=O) groups is 1. The molecule has 1 amide bonds. The highest BCUT2D eigenvalue weighted by Gasteiger charge is 2.23. The molecule has 1 aromatic rings. The minimum Gasteiger partial charge on any atom is -0.493 e. The van der Waals surface area contributed by atoms with Crippen molar-refractivity contribution in [1.82, 2.24) is 5.43 Å². The SMILES string of the molecule is CCOc1c(Br)cc(C(=O)NN=C2[C@H](C)CCC[C@H]2C)cc1OC. The van der Waals surface area contributed by atoms with Gasteiger partial charge in [0.1, 0.15) is 0 Å². The molecule has 0 heterocycles. The molecule has 1 aliphatic carbocycles. The lowest BCUT2D eigenvalue weighted by atomic mass is 9.81. The first kappa shape index (κ1) is 18.8. The predicted octanol–water partition coefficient (Wildman–Crippen LogP) is 4.40. The van der Waals surface area contributed by atoms with Crippen LogP contribution < -0.4 is 14.9 Å². The zero-order valence-corrected chi connectivity index (χ0v) is 16.3. The summed E-state index contributed by atoms with van der Waals surface area (Å²) < 4.78 is 11.6. The average Bonchev–Trinajstić information content (AvgIpc) is 2.55. The Balaban J connectivity index is 2.19. The van der Waals surface area contributed by atoms with Crippen molar-refractivity contribution in [3.8, 4) is 11.5 Å². The first-order valence-electron chi connectivity index (χ1n) is 8.36. The van der Waals surface area contributed by atoms with Crippen LogP contribution >= 0.6 is 15.9 Å². The summed E-state index contributed by atoms with van der Waals surface area (Å²) in [6, 6.07) is 3.38. The molecular formula is C18H25BrN2O3. The van der Waals surface area contributed by atoms with Crippen molar-refractivity contribution in [3.63, 3.8) is 0 Å². The number of ether oxygens (including phenoxy) is 2. The Kier molecular flexibility index (Phi) is 6.66. The fourth-order valence-corrected chi connectivity index (χ4v) is 3.60. The summed E-state index contributed by atoms with van der Waals surface area (Å²) in [7, 11) is 1.55. The molecule has 1 aromatic carbocycles. The van der Waals surface area contributed by atoms with Crippen molar-refractivity contribution >= 4 is 27.5 Å². The molecule has 1 N–H and O–H groups in total. The highest BCUT2D eigenvalue weighted by molar-refractivity contribution is 9.10. The Morgan fingerprint density at radius 1 is 1.33 bits per heavy atom. The van der Waals surface area contributed by atoms with Gasteiger partial charge in [-0.25, -0.2) is 5.43 Å². The van der Waals surface area contributed by atoms with Gasteiger partial charge in [-0.05, 0) is 59.7 Å². The highest BCUT2D eigenvalue weighted by atomic mass is 79.9. The van der Waals surface area contributed by atoms with Gasteiger partial charge in [-0.1, -0.05) is 20.3 Å². The Hall–Kier alpha value is -1.56. The van der Waals surface area contributed by atoms with Crippen LogP contribution in [0.25, 0.3) is 0 Å². The van der Waals surface area contributed by atoms with E-state index in [9.17, 15) is 4.79 Å². The third-order valence-corrected chi connectivity index (χ3v) is 4.94. The maximum absolute atomic E-state index is 12.5. The van der Waals surface area contributed by atoms with E-state index in [1.807, 2.05) is 6.92 Å². The number of rotatable bonds is 5. The normalized spacial score (nSPS) is 20.5. The Bertz CT molecular complexity index is 619. The summed E-state index contributed by atoms with van der Waals surface area (Å²) in [6.07, 6.45) is 3.47. The van der Waals surface area contributed by atoms with Crippen molar-refractivity contribution in [2.24, 2.45) is 16.9 Å². The van der Waals surface area contributed by atoms with Gasteiger partial charge >= 0.3 is 0 Å². The van der Waals surface area contributed by atoms with Gasteiger partial charge in [-0.15, -0.1) is 0 Å². The largest absolute Gasteiger partial charge is 0.493 e. The number of halogens is 1. The second kappa shape index (κ2) is 8.51. The molecule has 0 saturated heterocycles. The molecule has 0 spiro atoms. The van der Waals surface area contributed by atoms with Crippen LogP contribution in [0.5, 0.6) is 11.5 Å². The Morgan fingerprint density at radius 2 is 2.00 bits per heavy atom. The lowest BCUT2D eigenvalue weighted by Crippen LogP contribution is -2.29. The number of hydrazone groups is 1. The van der Waals surface area contributed by atoms with E-state index in [2.05, 4.69) is 40.3 Å². The Labute approximate surface area is 151 Å². The van der Waals surface area contributed by atoms with Gasteiger partial charge in [-0.2, -0.15) is 5.10 Å². The summed E-state index contributed by atoms with van der Waals surface area (Å²) >= 11 is 3.43. The lowest BCUT2D eigenvalue weighted by molar-refractivity contribution is 0.0953. The van der Waals surface area contributed by atoms with Crippen LogP contribution in [-0.4, -0.2) is 25.3 Å². The number of methoxy groups -OCH3 is 1. The summed E-state index contributed by atoms with van der Waals surface area (Å²) in [5, 5.41) is 4.40. The molecule has 24 heavy (non-hydrogen) atoms. The fraction of sp³-hybridized carbons (Fsp3) is 0.556. The number of amides is 1. The smallest absolute Gasteiger partial charge is 0.271 e. The van der Waals surface area contributed by atoms with Crippen molar-refractivity contribution in [1.29, 1.82) is 0 Å². The number of carbonyl (C=O) groups excluding carboxylic acids is 1. The van der Waals surface area contributed by atoms with Crippen molar-refractivity contribution in [2.75, 3.05) is 13.7 Å². The first-order valence-corrected chi connectivity index (χ1v) is 9.15. The minimum absolute atomic E-state index is 0.255. The van der Waals surface area contributed by atoms with E-state index in [-0.39, 0.29) is 5.91 Å². The van der Waals surface area contributed by atoms with Crippen LogP contribution in [0.4, 0.5) is 0 Å². The molecule has 2 atom stereocenters. The van der Waals surface area contributed by atoms with Gasteiger partial charge in [0.25, 0.3) is 5.91 Å². The molecule has 1 saturated carbocycles. The van der Waals surface area contributed by atoms with E-state index in [4.69, 9.17) is 9.47 Å². The molecular weight excluding hydrogens is 372 g/mol. The second-order valence-electron chi connectivity index (χ2n) is 6.13. The molecule has 1 aliphatic rings. The highest BCUT2D eigenvalue weighted by Crippen LogP contribution is 2.36. The van der Waals surface area contributed by atoms with E-state index in [1.54, 1.807) is 19.2 Å². The van der Waals surface area contributed by atoms with Gasteiger partial charge < -0.3 is 9.47 Å². The number of nitrogens with zero attached hydrogens (tertiary/aromatic N) is 1. The van der Waals surface area contributed by atoms with Crippen LogP contribution in [0.2, 0.25) is 0 Å². The number of hydrogen-bond donors (Lipinski definition) is 1. The zero-order chi connectivity index (χ0) is 17.7. The number of nitrogens with one attached hydrogen (secondary N) is 1. The van der Waals surface area contributed by atoms with Crippen molar-refractivity contribution in [2.45, 2.75) is 40.0 Å². The second-order valence-corrected chi connectivity index (χ2v) is 6.99. The van der Waals surface area contributed by atoms with Crippen LogP contribution in [0, 0.1) is 11.8 Å². The van der Waals surface area contributed by atoms with Crippen molar-refractivity contribution < 1.29 is 14.3 Å². The Morgan fingerprint density at radius 3 is 2.58 bits per heavy atom. The van der Waals surface area contributed by atoms with Gasteiger partial charge in [-0.3, -0.25) is 4.79 Å². The molecule has 6 heteroatoms. The lowest BCUT2D eigenvalue weighted by Gasteiger charge is -2.26. The minimum atomic E-state index is -0.255. The molecule has 0 radical (unpaired) electrons. The van der Waals surface area contributed by atoms with Crippen molar-refractivity contribution in [3.05, 3.63) is 22.2 Å². The van der Waals surface area contributed by atoms with Crippen LogP contribution in [0.3, 0.4) is 0 Å². The molecule has 0 aliphatic heterocycles. The zero-order valence-electron chi connectivity index (χ0n) is 14.7. The first-order chi connectivity index (χ1) is 11.5. The maximum atomic E-state index is 12.5. The topological polar surface area (TPSA) is 59.9 Å². The van der Waals surface area contributed by atoms with Crippen LogP contribution in [0.1, 0.15) is 50.4 Å². The van der Waals surface area contributed by atoms with E-state index in [0.29, 0.717) is 40.0 Å². The molecule has 2 rings (SSSR count). The molecule has 132 valence electrons. The number of hydrogen-bond acceptors (Lipinski definition) is 4. The van der Waals surface area contributed by atoms with Crippen LogP contribution in [-0.2, 0) is 0 Å². The van der Waals surface area contributed by atoms with Gasteiger partial charge in [0, 0.05) is 11.3 Å². The van der Waals surface area contributed by atoms with Gasteiger partial charge in [0.05, 0.1) is 18.2 Å². The summed E-state index contributed by atoms with van der Waals surface area (Å²) in [5.74, 6) is 1.68. The average molecular weight is 397 g/mol. The molecule has 5 nitrogen and oxygen atoms in total.